The van der Waals surface area contributed by atoms with Crippen molar-refractivity contribution in [2.75, 3.05) is 11.9 Å². The van der Waals surface area contributed by atoms with Crippen molar-refractivity contribution in [3.05, 3.63) is 46.5 Å². The van der Waals surface area contributed by atoms with Gasteiger partial charge in [0.15, 0.2) is 5.13 Å². The third-order valence-corrected chi connectivity index (χ3v) is 3.59. The van der Waals surface area contributed by atoms with Crippen LogP contribution in [0.25, 0.3) is 6.08 Å². The van der Waals surface area contributed by atoms with E-state index in [0.29, 0.717) is 10.7 Å². The molecular weight excluding hydrogens is 260 g/mol. The summed E-state index contributed by atoms with van der Waals surface area (Å²) < 4.78 is 5.55. The van der Waals surface area contributed by atoms with Crippen LogP contribution < -0.4 is 10.1 Å². The van der Waals surface area contributed by atoms with Crippen molar-refractivity contribution < 1.29 is 9.53 Å². The minimum absolute atomic E-state index is 0.163. The molecule has 0 spiro atoms. The summed E-state index contributed by atoms with van der Waals surface area (Å²) in [5.41, 5.74) is 1.53. The zero-order chi connectivity index (χ0) is 13.2. The highest BCUT2D eigenvalue weighted by atomic mass is 32.1. The second-order valence-electron chi connectivity index (χ2n) is 4.23. The molecule has 0 saturated carbocycles. The first-order valence-electron chi connectivity index (χ1n) is 5.88. The van der Waals surface area contributed by atoms with E-state index < -0.39 is 0 Å². The Kier molecular flexibility index (Phi) is 3.05. The standard InChI is InChI=1S/C14H12N2O2S/c1-9-7-15-14(19-9)16-13(17)11-6-10-4-2-3-5-12(10)18-8-11/h2-7H,8H2,1H3,(H,15,16,17). The minimum atomic E-state index is -0.163. The van der Waals surface area contributed by atoms with Crippen molar-refractivity contribution in [2.45, 2.75) is 6.92 Å². The molecule has 0 aliphatic carbocycles. The molecule has 2 heterocycles. The first-order chi connectivity index (χ1) is 9.22. The number of hydrogen-bond acceptors (Lipinski definition) is 4. The molecule has 96 valence electrons. The van der Waals surface area contributed by atoms with Crippen LogP contribution in [-0.2, 0) is 4.79 Å². The van der Waals surface area contributed by atoms with Crippen molar-refractivity contribution in [1.29, 1.82) is 0 Å². The average Bonchev–Trinajstić information content (AvgIpc) is 2.83. The second-order valence-corrected chi connectivity index (χ2v) is 5.46. The summed E-state index contributed by atoms with van der Waals surface area (Å²) in [6.07, 6.45) is 3.59. The number of rotatable bonds is 2. The fraction of sp³-hybridized carbons (Fsp3) is 0.143. The van der Waals surface area contributed by atoms with Crippen LogP contribution in [-0.4, -0.2) is 17.5 Å². The molecule has 0 unspecified atom stereocenters. The van der Waals surface area contributed by atoms with Crippen LogP contribution in [0.3, 0.4) is 0 Å². The quantitative estimate of drug-likeness (QED) is 0.914. The molecule has 1 amide bonds. The number of ether oxygens (including phenoxy) is 1. The number of carbonyl (C=O) groups excluding carboxylic acids is 1. The highest BCUT2D eigenvalue weighted by Gasteiger charge is 2.17. The first kappa shape index (κ1) is 11.9. The SMILES string of the molecule is Cc1cnc(NC(=O)C2=Cc3ccccc3OC2)s1. The van der Waals surface area contributed by atoms with Crippen molar-refractivity contribution >= 4 is 28.5 Å². The molecule has 4 nitrogen and oxygen atoms in total. The molecule has 0 bridgehead atoms. The van der Waals surface area contributed by atoms with Gasteiger partial charge in [-0.1, -0.05) is 18.2 Å². The van der Waals surface area contributed by atoms with E-state index in [0.717, 1.165) is 16.2 Å². The average molecular weight is 272 g/mol. The molecule has 5 heteroatoms. The number of para-hydroxylation sites is 1. The summed E-state index contributed by atoms with van der Waals surface area (Å²) in [6.45, 7) is 2.24. The lowest BCUT2D eigenvalue weighted by atomic mass is 10.1. The van der Waals surface area contributed by atoms with Crippen LogP contribution in [0, 0.1) is 6.92 Å². The van der Waals surface area contributed by atoms with Gasteiger partial charge in [0.2, 0.25) is 0 Å². The minimum Gasteiger partial charge on any atom is -0.488 e. The molecule has 3 rings (SSSR count). The Morgan fingerprint density at radius 3 is 3.05 bits per heavy atom. The second kappa shape index (κ2) is 4.85. The zero-order valence-corrected chi connectivity index (χ0v) is 11.2. The van der Waals surface area contributed by atoms with Crippen LogP contribution in [0.2, 0.25) is 0 Å². The highest BCUT2D eigenvalue weighted by molar-refractivity contribution is 7.15. The Morgan fingerprint density at radius 1 is 1.42 bits per heavy atom. The predicted molar refractivity (Wildman–Crippen MR) is 75.4 cm³/mol. The van der Waals surface area contributed by atoms with E-state index in [1.165, 1.54) is 11.3 Å². The number of thiazole rings is 1. The molecule has 0 fully saturated rings. The number of fused-ring (bicyclic) bond motifs is 1. The van der Waals surface area contributed by atoms with E-state index in [1.807, 2.05) is 37.3 Å². The maximum atomic E-state index is 12.1. The molecule has 1 aliphatic heterocycles. The molecule has 1 N–H and O–H groups in total. The Labute approximate surface area is 114 Å². The van der Waals surface area contributed by atoms with E-state index in [1.54, 1.807) is 6.20 Å². The van der Waals surface area contributed by atoms with Crippen LogP contribution >= 0.6 is 11.3 Å². The van der Waals surface area contributed by atoms with Crippen LogP contribution in [0.4, 0.5) is 5.13 Å². The van der Waals surface area contributed by atoms with Crippen molar-refractivity contribution in [1.82, 2.24) is 4.98 Å². The zero-order valence-electron chi connectivity index (χ0n) is 10.3. The van der Waals surface area contributed by atoms with E-state index in [4.69, 9.17) is 4.74 Å². The van der Waals surface area contributed by atoms with Gasteiger partial charge in [-0.2, -0.15) is 0 Å². The van der Waals surface area contributed by atoms with Crippen LogP contribution in [0.15, 0.2) is 36.0 Å². The number of benzene rings is 1. The normalized spacial score (nSPS) is 13.2. The van der Waals surface area contributed by atoms with Gasteiger partial charge in [-0.15, -0.1) is 11.3 Å². The van der Waals surface area contributed by atoms with Gasteiger partial charge in [-0.25, -0.2) is 4.98 Å². The van der Waals surface area contributed by atoms with E-state index in [9.17, 15) is 4.79 Å². The van der Waals surface area contributed by atoms with Gasteiger partial charge in [-0.05, 0) is 19.1 Å². The Balaban J connectivity index is 1.80. The lowest BCUT2D eigenvalue weighted by Crippen LogP contribution is -2.21. The largest absolute Gasteiger partial charge is 0.488 e. The van der Waals surface area contributed by atoms with E-state index >= 15 is 0 Å². The number of nitrogens with zero attached hydrogens (tertiary/aromatic N) is 1. The van der Waals surface area contributed by atoms with Gasteiger partial charge < -0.3 is 4.74 Å². The lowest BCUT2D eigenvalue weighted by molar-refractivity contribution is -0.113. The van der Waals surface area contributed by atoms with Crippen LogP contribution in [0.5, 0.6) is 5.75 Å². The summed E-state index contributed by atoms with van der Waals surface area (Å²) in [5, 5.41) is 3.40. The fourth-order valence-corrected chi connectivity index (χ4v) is 2.50. The maximum Gasteiger partial charge on any atom is 0.256 e. The smallest absolute Gasteiger partial charge is 0.256 e. The Morgan fingerprint density at radius 2 is 2.26 bits per heavy atom. The van der Waals surface area contributed by atoms with E-state index in [-0.39, 0.29) is 12.5 Å². The van der Waals surface area contributed by atoms with Gasteiger partial charge in [0, 0.05) is 16.6 Å². The van der Waals surface area contributed by atoms with Gasteiger partial charge in [0.25, 0.3) is 5.91 Å². The molecule has 0 atom stereocenters. The maximum absolute atomic E-state index is 12.1. The number of aromatic nitrogens is 1. The molecule has 1 aromatic heterocycles. The van der Waals surface area contributed by atoms with E-state index in [2.05, 4.69) is 10.3 Å². The van der Waals surface area contributed by atoms with Crippen LogP contribution in [0.1, 0.15) is 10.4 Å². The Hall–Kier alpha value is -2.14. The number of aryl methyl sites for hydroxylation is 1. The highest BCUT2D eigenvalue weighted by Crippen LogP contribution is 2.26. The third-order valence-electron chi connectivity index (χ3n) is 2.77. The molecule has 1 aliphatic rings. The molecule has 0 radical (unpaired) electrons. The van der Waals surface area contributed by atoms with Gasteiger partial charge >= 0.3 is 0 Å². The summed E-state index contributed by atoms with van der Waals surface area (Å²) in [7, 11) is 0. The molecule has 0 saturated heterocycles. The lowest BCUT2D eigenvalue weighted by Gasteiger charge is -2.16. The van der Waals surface area contributed by atoms with Gasteiger partial charge in [0.05, 0.1) is 5.57 Å². The number of nitrogens with one attached hydrogen (secondary N) is 1. The summed E-state index contributed by atoms with van der Waals surface area (Å²) in [4.78, 5) is 17.3. The Bertz CT molecular complexity index is 661. The third kappa shape index (κ3) is 2.51. The molecule has 19 heavy (non-hydrogen) atoms. The van der Waals surface area contributed by atoms with Gasteiger partial charge in [-0.3, -0.25) is 10.1 Å². The van der Waals surface area contributed by atoms with Crippen molar-refractivity contribution in [3.8, 4) is 5.75 Å². The summed E-state index contributed by atoms with van der Waals surface area (Å²) >= 11 is 1.45. The molecule has 2 aromatic rings. The summed E-state index contributed by atoms with van der Waals surface area (Å²) in [5.74, 6) is 0.646. The summed E-state index contributed by atoms with van der Waals surface area (Å²) in [6, 6.07) is 7.65. The topological polar surface area (TPSA) is 51.2 Å². The predicted octanol–water partition coefficient (Wildman–Crippen LogP) is 2.87. The fourth-order valence-electron chi connectivity index (χ4n) is 1.84. The number of carbonyl (C=O) groups is 1. The molecular formula is C14H12N2O2S. The number of anilines is 1. The first-order valence-corrected chi connectivity index (χ1v) is 6.70. The number of amides is 1. The number of hydrogen-bond donors (Lipinski definition) is 1. The van der Waals surface area contributed by atoms with Gasteiger partial charge in [0.1, 0.15) is 12.4 Å². The van der Waals surface area contributed by atoms with Crippen molar-refractivity contribution in [2.24, 2.45) is 0 Å². The molecule has 1 aromatic carbocycles. The monoisotopic (exact) mass is 272 g/mol. The van der Waals surface area contributed by atoms with Crippen molar-refractivity contribution in [3.63, 3.8) is 0 Å².